The molecule has 0 aliphatic rings. The largest absolute Gasteiger partial charge is 0.465 e. The molecule has 1 aromatic heterocycles. The molecular weight excluding hydrogens is 222 g/mol. The predicted molar refractivity (Wildman–Crippen MR) is 48.1 cm³/mol. The van der Waals surface area contributed by atoms with E-state index >= 15 is 0 Å². The first-order valence-corrected chi connectivity index (χ1v) is 4.05. The minimum absolute atomic E-state index is 0.426. The SMILES string of the molecule is COC(=O)c1c(C(F)F)[nH]cc(C#N)c1=O. The summed E-state index contributed by atoms with van der Waals surface area (Å²) in [6.07, 6.45) is -2.20. The maximum Gasteiger partial charge on any atom is 0.343 e. The Morgan fingerprint density at radius 1 is 1.62 bits per heavy atom. The standard InChI is InChI=1S/C9H6F2N2O3/c1-16-9(15)5-6(8(10)11)13-3-4(2-12)7(5)14/h3,8H,1H3,(H,13,14). The van der Waals surface area contributed by atoms with Gasteiger partial charge in [-0.3, -0.25) is 4.79 Å². The predicted octanol–water partition coefficient (Wildman–Crippen LogP) is 0.971. The number of aromatic nitrogens is 1. The molecular formula is C9H6F2N2O3. The van der Waals surface area contributed by atoms with Crippen molar-refractivity contribution in [2.24, 2.45) is 0 Å². The van der Waals surface area contributed by atoms with E-state index in [-0.39, 0.29) is 0 Å². The van der Waals surface area contributed by atoms with Crippen molar-refractivity contribution in [1.29, 1.82) is 5.26 Å². The third kappa shape index (κ3) is 1.91. The van der Waals surface area contributed by atoms with Gasteiger partial charge < -0.3 is 9.72 Å². The number of hydrogen-bond donors (Lipinski definition) is 1. The van der Waals surface area contributed by atoms with Gasteiger partial charge in [0.25, 0.3) is 6.43 Å². The molecule has 84 valence electrons. The number of nitrogens with zero attached hydrogens (tertiary/aromatic N) is 1. The summed E-state index contributed by atoms with van der Waals surface area (Å²) in [6, 6.07) is 1.48. The first-order valence-electron chi connectivity index (χ1n) is 4.05. The van der Waals surface area contributed by atoms with Gasteiger partial charge in [0, 0.05) is 6.20 Å². The lowest BCUT2D eigenvalue weighted by Crippen LogP contribution is -2.22. The summed E-state index contributed by atoms with van der Waals surface area (Å²) in [5.41, 5.74) is -3.18. The highest BCUT2D eigenvalue weighted by atomic mass is 19.3. The van der Waals surface area contributed by atoms with Crippen LogP contribution in [-0.2, 0) is 4.74 Å². The average molecular weight is 228 g/mol. The van der Waals surface area contributed by atoms with Crippen LogP contribution in [0.4, 0.5) is 8.78 Å². The monoisotopic (exact) mass is 228 g/mol. The number of aromatic amines is 1. The Hall–Kier alpha value is -2.23. The Morgan fingerprint density at radius 2 is 2.25 bits per heavy atom. The Kier molecular flexibility index (Phi) is 3.35. The zero-order valence-corrected chi connectivity index (χ0v) is 8.08. The molecule has 16 heavy (non-hydrogen) atoms. The fourth-order valence-electron chi connectivity index (χ4n) is 1.10. The molecule has 0 spiro atoms. The van der Waals surface area contributed by atoms with Gasteiger partial charge in [0.05, 0.1) is 7.11 Å². The smallest absolute Gasteiger partial charge is 0.343 e. The molecule has 0 fully saturated rings. The maximum atomic E-state index is 12.5. The minimum atomic E-state index is -3.03. The van der Waals surface area contributed by atoms with Crippen LogP contribution in [0, 0.1) is 11.3 Å². The van der Waals surface area contributed by atoms with Crippen LogP contribution in [0.2, 0.25) is 0 Å². The van der Waals surface area contributed by atoms with Crippen LogP contribution in [-0.4, -0.2) is 18.1 Å². The van der Waals surface area contributed by atoms with E-state index in [2.05, 4.69) is 4.74 Å². The van der Waals surface area contributed by atoms with E-state index in [0.717, 1.165) is 13.3 Å². The second kappa shape index (κ2) is 4.53. The molecule has 7 heteroatoms. The van der Waals surface area contributed by atoms with Crippen LogP contribution in [0.5, 0.6) is 0 Å². The van der Waals surface area contributed by atoms with Crippen molar-refractivity contribution >= 4 is 5.97 Å². The zero-order chi connectivity index (χ0) is 12.3. The third-order valence-corrected chi connectivity index (χ3v) is 1.84. The van der Waals surface area contributed by atoms with Crippen LogP contribution < -0.4 is 5.43 Å². The number of carbonyl (C=O) groups is 1. The van der Waals surface area contributed by atoms with Crippen LogP contribution >= 0.6 is 0 Å². The number of nitriles is 1. The summed E-state index contributed by atoms with van der Waals surface area (Å²) in [7, 11) is 0.954. The molecule has 0 radical (unpaired) electrons. The van der Waals surface area contributed by atoms with Crippen molar-refractivity contribution in [3.8, 4) is 6.07 Å². The van der Waals surface area contributed by atoms with Crippen molar-refractivity contribution in [1.82, 2.24) is 4.98 Å². The van der Waals surface area contributed by atoms with Crippen molar-refractivity contribution in [3.05, 3.63) is 33.2 Å². The summed E-state index contributed by atoms with van der Waals surface area (Å²) in [5, 5.41) is 8.52. The molecule has 1 rings (SSSR count). The first kappa shape index (κ1) is 11.8. The van der Waals surface area contributed by atoms with Gasteiger partial charge in [-0.1, -0.05) is 0 Å². The Bertz CT molecular complexity index is 516. The summed E-state index contributed by atoms with van der Waals surface area (Å²) >= 11 is 0. The van der Waals surface area contributed by atoms with E-state index in [1.54, 1.807) is 0 Å². The summed E-state index contributed by atoms with van der Waals surface area (Å²) < 4.78 is 29.2. The highest BCUT2D eigenvalue weighted by molar-refractivity contribution is 5.90. The zero-order valence-electron chi connectivity index (χ0n) is 8.08. The number of H-pyrrole nitrogens is 1. The van der Waals surface area contributed by atoms with Gasteiger partial charge in [-0.05, 0) is 0 Å². The van der Waals surface area contributed by atoms with E-state index < -0.39 is 34.6 Å². The number of halogens is 2. The quantitative estimate of drug-likeness (QED) is 0.764. The Morgan fingerprint density at radius 3 is 2.69 bits per heavy atom. The second-order valence-electron chi connectivity index (χ2n) is 2.72. The fourth-order valence-corrected chi connectivity index (χ4v) is 1.10. The number of esters is 1. The number of pyridine rings is 1. The molecule has 1 aromatic rings. The molecule has 0 saturated carbocycles. The summed E-state index contributed by atoms with van der Waals surface area (Å²) in [4.78, 5) is 24.6. The first-order chi connectivity index (χ1) is 7.52. The Labute approximate surface area is 88.3 Å². The van der Waals surface area contributed by atoms with Gasteiger partial charge in [-0.25, -0.2) is 13.6 Å². The lowest BCUT2D eigenvalue weighted by molar-refractivity contribution is 0.0585. The van der Waals surface area contributed by atoms with E-state index in [1.807, 2.05) is 4.98 Å². The lowest BCUT2D eigenvalue weighted by atomic mass is 10.1. The normalized spacial score (nSPS) is 9.94. The lowest BCUT2D eigenvalue weighted by Gasteiger charge is -2.06. The van der Waals surface area contributed by atoms with Crippen molar-refractivity contribution in [2.45, 2.75) is 6.43 Å². The molecule has 0 atom stereocenters. The van der Waals surface area contributed by atoms with E-state index in [1.165, 1.54) is 6.07 Å². The molecule has 5 nitrogen and oxygen atoms in total. The number of hydrogen-bond acceptors (Lipinski definition) is 4. The Balaban J connectivity index is 3.57. The molecule has 0 bridgehead atoms. The molecule has 0 aromatic carbocycles. The van der Waals surface area contributed by atoms with Gasteiger partial charge in [0.1, 0.15) is 22.9 Å². The molecule has 0 amide bonds. The average Bonchev–Trinajstić information content (AvgIpc) is 2.27. The van der Waals surface area contributed by atoms with Gasteiger partial charge >= 0.3 is 5.97 Å². The number of methoxy groups -OCH3 is 1. The number of carbonyl (C=O) groups excluding carboxylic acids is 1. The molecule has 0 aliphatic carbocycles. The number of alkyl halides is 2. The molecule has 0 saturated heterocycles. The summed E-state index contributed by atoms with van der Waals surface area (Å²) in [6.45, 7) is 0. The summed E-state index contributed by atoms with van der Waals surface area (Å²) in [5.74, 6) is -1.20. The van der Waals surface area contributed by atoms with E-state index in [0.29, 0.717) is 0 Å². The number of ether oxygens (including phenoxy) is 1. The van der Waals surface area contributed by atoms with Crippen molar-refractivity contribution in [2.75, 3.05) is 7.11 Å². The highest BCUT2D eigenvalue weighted by Gasteiger charge is 2.24. The second-order valence-corrected chi connectivity index (χ2v) is 2.72. The van der Waals surface area contributed by atoms with Gasteiger partial charge in [0.15, 0.2) is 0 Å². The minimum Gasteiger partial charge on any atom is -0.465 e. The van der Waals surface area contributed by atoms with Gasteiger partial charge in [-0.15, -0.1) is 0 Å². The topological polar surface area (TPSA) is 82.9 Å². The van der Waals surface area contributed by atoms with Gasteiger partial charge in [0.2, 0.25) is 5.43 Å². The molecule has 0 aliphatic heterocycles. The maximum absolute atomic E-state index is 12.5. The fraction of sp³-hybridized carbons (Fsp3) is 0.222. The van der Waals surface area contributed by atoms with Crippen LogP contribution in [0.3, 0.4) is 0 Å². The third-order valence-electron chi connectivity index (χ3n) is 1.84. The van der Waals surface area contributed by atoms with Crippen LogP contribution in [0.1, 0.15) is 28.0 Å². The highest BCUT2D eigenvalue weighted by Crippen LogP contribution is 2.19. The van der Waals surface area contributed by atoms with Gasteiger partial charge in [-0.2, -0.15) is 5.26 Å². The van der Waals surface area contributed by atoms with Crippen LogP contribution in [0.15, 0.2) is 11.0 Å². The van der Waals surface area contributed by atoms with Crippen molar-refractivity contribution < 1.29 is 18.3 Å². The van der Waals surface area contributed by atoms with Crippen LogP contribution in [0.25, 0.3) is 0 Å². The van der Waals surface area contributed by atoms with E-state index in [4.69, 9.17) is 5.26 Å². The molecule has 1 N–H and O–H groups in total. The van der Waals surface area contributed by atoms with E-state index in [9.17, 15) is 18.4 Å². The molecule has 1 heterocycles. The number of nitrogens with one attached hydrogen (secondary N) is 1. The number of rotatable bonds is 2. The van der Waals surface area contributed by atoms with Crippen molar-refractivity contribution in [3.63, 3.8) is 0 Å². The molecule has 0 unspecified atom stereocenters.